The molecule has 0 bridgehead atoms. The minimum Gasteiger partial charge on any atom is -0.389 e. The molecule has 1 aliphatic heterocycles. The molecule has 33 heavy (non-hydrogen) atoms. The number of carbonyl (C=O) groups excluding carboxylic acids is 2. The first kappa shape index (κ1) is 23.0. The van der Waals surface area contributed by atoms with Crippen LogP contribution in [0.5, 0.6) is 0 Å². The van der Waals surface area contributed by atoms with Gasteiger partial charge in [-0.1, -0.05) is 25.5 Å². The SMILES string of the molecule is C[C@]12CC[C@H]3[C@@H](CCC4=CC(=O)C=C[C@@]43C)[C@@H]1CC[C@@H]2C(=O)C(O)C1(C#N)OCCCC1O. The highest BCUT2D eigenvalue weighted by molar-refractivity contribution is 6.01. The molecule has 3 saturated carbocycles. The quantitative estimate of drug-likeness (QED) is 0.679. The number of allylic oxidation sites excluding steroid dienone is 4. The number of fused-ring (bicyclic) bond motifs is 5. The molecular formula is C27H35NO5. The molecule has 4 fully saturated rings. The summed E-state index contributed by atoms with van der Waals surface area (Å²) in [5.41, 5.74) is -0.940. The number of Topliss-reactive ketones (excluding diaryl/α,β-unsaturated/α-hetero) is 1. The van der Waals surface area contributed by atoms with Gasteiger partial charge in [0.05, 0.1) is 6.10 Å². The summed E-state index contributed by atoms with van der Waals surface area (Å²) in [5.74, 6) is 0.701. The highest BCUT2D eigenvalue weighted by Gasteiger charge is 2.62. The number of aliphatic hydroxyl groups is 2. The number of nitrogens with zero attached hydrogens (tertiary/aromatic N) is 1. The second-order valence-electron chi connectivity index (χ2n) is 11.5. The van der Waals surface area contributed by atoms with Crippen LogP contribution in [0.4, 0.5) is 0 Å². The average Bonchev–Trinajstić information content (AvgIpc) is 3.16. The molecule has 6 nitrogen and oxygen atoms in total. The average molecular weight is 454 g/mol. The summed E-state index contributed by atoms with van der Waals surface area (Å²) < 4.78 is 5.58. The second-order valence-corrected chi connectivity index (χ2v) is 11.5. The fraction of sp³-hybridized carbons (Fsp3) is 0.741. The van der Waals surface area contributed by atoms with Crippen molar-refractivity contribution in [1.82, 2.24) is 0 Å². The van der Waals surface area contributed by atoms with Gasteiger partial charge in [0.1, 0.15) is 6.07 Å². The van der Waals surface area contributed by atoms with Crippen molar-refractivity contribution in [3.8, 4) is 6.07 Å². The Labute approximate surface area is 195 Å². The van der Waals surface area contributed by atoms with Gasteiger partial charge in [0, 0.05) is 17.9 Å². The Hall–Kier alpha value is -1.81. The molecule has 4 aliphatic carbocycles. The van der Waals surface area contributed by atoms with Crippen LogP contribution in [-0.4, -0.2) is 46.2 Å². The molecule has 0 amide bonds. The lowest BCUT2D eigenvalue weighted by molar-refractivity contribution is -0.184. The summed E-state index contributed by atoms with van der Waals surface area (Å²) in [4.78, 5) is 25.6. The van der Waals surface area contributed by atoms with Gasteiger partial charge in [0.2, 0.25) is 5.60 Å². The van der Waals surface area contributed by atoms with Crippen LogP contribution in [0.15, 0.2) is 23.8 Å². The zero-order chi connectivity index (χ0) is 23.6. The molecule has 178 valence electrons. The number of nitriles is 1. The predicted molar refractivity (Wildman–Crippen MR) is 121 cm³/mol. The Morgan fingerprint density at radius 3 is 2.73 bits per heavy atom. The molecule has 6 heteroatoms. The van der Waals surface area contributed by atoms with Gasteiger partial charge in [-0.15, -0.1) is 0 Å². The smallest absolute Gasteiger partial charge is 0.212 e. The largest absolute Gasteiger partial charge is 0.389 e. The number of rotatable bonds is 3. The molecule has 9 atom stereocenters. The number of hydrogen-bond donors (Lipinski definition) is 2. The van der Waals surface area contributed by atoms with Gasteiger partial charge in [-0.2, -0.15) is 5.26 Å². The number of ketones is 2. The summed E-state index contributed by atoms with van der Waals surface area (Å²) in [7, 11) is 0. The number of ether oxygens (including phenoxy) is 1. The maximum absolute atomic E-state index is 13.7. The molecular weight excluding hydrogens is 418 g/mol. The summed E-state index contributed by atoms with van der Waals surface area (Å²) in [6, 6.07) is 1.96. The molecule has 5 aliphatic rings. The molecule has 5 rings (SSSR count). The topological polar surface area (TPSA) is 108 Å². The molecule has 0 aromatic heterocycles. The van der Waals surface area contributed by atoms with Crippen molar-refractivity contribution in [3.05, 3.63) is 23.8 Å². The van der Waals surface area contributed by atoms with E-state index in [0.29, 0.717) is 37.0 Å². The van der Waals surface area contributed by atoms with Crippen LogP contribution in [0.1, 0.15) is 65.2 Å². The normalized spacial score (nSPS) is 47.5. The van der Waals surface area contributed by atoms with Gasteiger partial charge in [0.25, 0.3) is 0 Å². The van der Waals surface area contributed by atoms with Crippen LogP contribution in [-0.2, 0) is 14.3 Å². The van der Waals surface area contributed by atoms with E-state index in [1.165, 1.54) is 5.57 Å². The fourth-order valence-electron chi connectivity index (χ4n) is 8.32. The highest BCUT2D eigenvalue weighted by atomic mass is 16.5. The van der Waals surface area contributed by atoms with E-state index >= 15 is 0 Å². The van der Waals surface area contributed by atoms with Crippen LogP contribution >= 0.6 is 0 Å². The first-order valence-electron chi connectivity index (χ1n) is 12.6. The van der Waals surface area contributed by atoms with Crippen molar-refractivity contribution in [2.75, 3.05) is 6.61 Å². The van der Waals surface area contributed by atoms with Gasteiger partial charge in [-0.25, -0.2) is 0 Å². The minimum absolute atomic E-state index is 0.0839. The third kappa shape index (κ3) is 3.16. The summed E-state index contributed by atoms with van der Waals surface area (Å²) in [5, 5.41) is 31.4. The molecule has 0 aromatic rings. The zero-order valence-corrected chi connectivity index (χ0v) is 19.6. The van der Waals surface area contributed by atoms with Gasteiger partial charge < -0.3 is 14.9 Å². The zero-order valence-electron chi connectivity index (χ0n) is 19.6. The summed E-state index contributed by atoms with van der Waals surface area (Å²) in [6.07, 6.45) is 9.25. The standard InChI is InChI=1S/C27H35NO5/c1-25-11-9-17(29)14-16(25)5-6-18-19-7-8-21(26(19,2)12-10-20(18)25)23(31)24(32)27(15-28)22(30)4-3-13-33-27/h9,11,14,18-22,24,30,32H,3-8,10,12-13H2,1-2H3/t18-,19-,20-,21+,22?,24?,25-,26-,27?/m0/s1. The first-order chi connectivity index (χ1) is 15.7. The molecule has 1 saturated heterocycles. The lowest BCUT2D eigenvalue weighted by Crippen LogP contribution is -2.60. The van der Waals surface area contributed by atoms with Crippen molar-refractivity contribution in [2.45, 2.75) is 83.0 Å². The summed E-state index contributed by atoms with van der Waals surface area (Å²) in [6.45, 7) is 4.72. The van der Waals surface area contributed by atoms with E-state index in [2.05, 4.69) is 19.9 Å². The lowest BCUT2D eigenvalue weighted by atomic mass is 9.47. The van der Waals surface area contributed by atoms with E-state index in [4.69, 9.17) is 4.74 Å². The van der Waals surface area contributed by atoms with E-state index in [0.717, 1.165) is 32.1 Å². The van der Waals surface area contributed by atoms with Crippen LogP contribution in [0.2, 0.25) is 0 Å². The van der Waals surface area contributed by atoms with E-state index in [9.17, 15) is 25.1 Å². The van der Waals surface area contributed by atoms with Crippen LogP contribution in [0, 0.1) is 45.8 Å². The predicted octanol–water partition coefficient (Wildman–Crippen LogP) is 3.27. The number of carbonyl (C=O) groups is 2. The molecule has 0 aromatic carbocycles. The van der Waals surface area contributed by atoms with E-state index in [1.54, 1.807) is 6.08 Å². The minimum atomic E-state index is -1.86. The lowest BCUT2D eigenvalue weighted by Gasteiger charge is -2.57. The Morgan fingerprint density at radius 2 is 2.00 bits per heavy atom. The van der Waals surface area contributed by atoms with Crippen molar-refractivity contribution in [2.24, 2.45) is 34.5 Å². The van der Waals surface area contributed by atoms with E-state index in [1.807, 2.05) is 12.1 Å². The van der Waals surface area contributed by atoms with E-state index < -0.39 is 17.8 Å². The summed E-state index contributed by atoms with van der Waals surface area (Å²) >= 11 is 0. The Morgan fingerprint density at radius 1 is 1.21 bits per heavy atom. The van der Waals surface area contributed by atoms with Gasteiger partial charge in [-0.3, -0.25) is 9.59 Å². The fourth-order valence-corrected chi connectivity index (χ4v) is 8.32. The van der Waals surface area contributed by atoms with Crippen molar-refractivity contribution >= 4 is 11.6 Å². The number of hydrogen-bond acceptors (Lipinski definition) is 6. The van der Waals surface area contributed by atoms with Gasteiger partial charge in [-0.05, 0) is 86.7 Å². The Bertz CT molecular complexity index is 964. The van der Waals surface area contributed by atoms with Gasteiger partial charge >= 0.3 is 0 Å². The van der Waals surface area contributed by atoms with Crippen molar-refractivity contribution < 1.29 is 24.5 Å². The van der Waals surface area contributed by atoms with Crippen molar-refractivity contribution in [3.63, 3.8) is 0 Å². The first-order valence-corrected chi connectivity index (χ1v) is 12.6. The highest BCUT2D eigenvalue weighted by Crippen LogP contribution is 2.66. The van der Waals surface area contributed by atoms with Crippen LogP contribution < -0.4 is 0 Å². The maximum Gasteiger partial charge on any atom is 0.212 e. The monoisotopic (exact) mass is 453 g/mol. The molecule has 3 unspecified atom stereocenters. The van der Waals surface area contributed by atoms with Crippen molar-refractivity contribution in [1.29, 1.82) is 5.26 Å². The third-order valence-corrected chi connectivity index (χ3v) is 10.2. The Balaban J connectivity index is 1.40. The second kappa shape index (κ2) is 7.86. The van der Waals surface area contributed by atoms with Crippen LogP contribution in [0.3, 0.4) is 0 Å². The maximum atomic E-state index is 13.7. The van der Waals surface area contributed by atoms with Gasteiger partial charge in [0.15, 0.2) is 17.7 Å². The third-order valence-electron chi connectivity index (χ3n) is 10.2. The Kier molecular flexibility index (Phi) is 5.47. The molecule has 0 radical (unpaired) electrons. The van der Waals surface area contributed by atoms with E-state index in [-0.39, 0.29) is 34.9 Å². The molecule has 0 spiro atoms. The number of aliphatic hydroxyl groups excluding tert-OH is 2. The van der Waals surface area contributed by atoms with Crippen LogP contribution in [0.25, 0.3) is 0 Å². The molecule has 2 N–H and O–H groups in total. The molecule has 1 heterocycles.